The van der Waals surface area contributed by atoms with Gasteiger partial charge in [-0.2, -0.15) is 8.78 Å². The van der Waals surface area contributed by atoms with Crippen molar-refractivity contribution in [2.75, 3.05) is 27.3 Å². The van der Waals surface area contributed by atoms with E-state index in [9.17, 15) is 13.9 Å². The molecular formula is C28H33F2NO4. The number of aliphatic hydroxyl groups is 1. The zero-order valence-corrected chi connectivity index (χ0v) is 20.6. The molecule has 1 atom stereocenters. The number of nitrogens with zero attached hydrogens (tertiary/aromatic N) is 1. The maximum atomic E-state index is 12.5. The molecule has 0 heterocycles. The number of benzene rings is 3. The molecule has 1 N–H and O–H groups in total. The van der Waals surface area contributed by atoms with Gasteiger partial charge in [0.2, 0.25) is 0 Å². The minimum absolute atomic E-state index is 0.0134. The third-order valence-corrected chi connectivity index (χ3v) is 5.93. The number of rotatable bonds is 12. The third-order valence-electron chi connectivity index (χ3n) is 5.93. The minimum Gasteiger partial charge on any atom is -0.493 e. The average Bonchev–Trinajstić information content (AvgIpc) is 2.84. The molecule has 0 bridgehead atoms. The molecule has 0 aliphatic rings. The molecule has 7 heteroatoms. The number of likely N-dealkylation sites (N-methyl/N-ethyl adjacent to an activating group) is 1. The Hall–Kier alpha value is -3.16. The molecule has 0 saturated heterocycles. The molecule has 0 amide bonds. The molecular weight excluding hydrogens is 452 g/mol. The van der Waals surface area contributed by atoms with Crippen molar-refractivity contribution >= 4 is 0 Å². The van der Waals surface area contributed by atoms with Crippen molar-refractivity contribution in [2.45, 2.75) is 38.5 Å². The topological polar surface area (TPSA) is 51.2 Å². The number of hydrogen-bond acceptors (Lipinski definition) is 5. The molecule has 5 nitrogen and oxygen atoms in total. The first kappa shape index (κ1) is 26.4. The van der Waals surface area contributed by atoms with Crippen molar-refractivity contribution in [3.05, 3.63) is 89.5 Å². The van der Waals surface area contributed by atoms with Crippen molar-refractivity contribution in [1.29, 1.82) is 0 Å². The largest absolute Gasteiger partial charge is 0.493 e. The smallest absolute Gasteiger partial charge is 0.387 e. The number of ether oxygens (including phenoxy) is 3. The first-order chi connectivity index (χ1) is 16.7. The van der Waals surface area contributed by atoms with Gasteiger partial charge in [0.15, 0.2) is 11.5 Å². The summed E-state index contributed by atoms with van der Waals surface area (Å²) in [5, 5.41) is 10.4. The summed E-state index contributed by atoms with van der Waals surface area (Å²) in [6, 6.07) is 23.1. The lowest BCUT2D eigenvalue weighted by Crippen LogP contribution is -2.32. The fourth-order valence-corrected chi connectivity index (χ4v) is 3.97. The molecule has 3 aromatic rings. The van der Waals surface area contributed by atoms with Crippen LogP contribution >= 0.6 is 0 Å². The highest BCUT2D eigenvalue weighted by Crippen LogP contribution is 2.32. The lowest BCUT2D eigenvalue weighted by Gasteiger charge is -2.26. The number of hydrogen-bond donors (Lipinski definition) is 1. The standard InChI is InChI=1S/C28H33F2NO4/c1-28(2,21-8-6-5-7-9-21)22-11-13-24(14-12-22)34-19-23(32)18-31(3)17-20-10-15-25(35-27(29)30)26(16-20)33-4/h5-16,23,27,32H,17-19H2,1-4H3. The van der Waals surface area contributed by atoms with Crippen LogP contribution in [0.2, 0.25) is 0 Å². The van der Waals surface area contributed by atoms with Crippen molar-refractivity contribution < 1.29 is 28.1 Å². The van der Waals surface area contributed by atoms with Gasteiger partial charge >= 0.3 is 6.61 Å². The first-order valence-electron chi connectivity index (χ1n) is 11.5. The Labute approximate surface area is 205 Å². The van der Waals surface area contributed by atoms with Crippen molar-refractivity contribution in [2.24, 2.45) is 0 Å². The maximum absolute atomic E-state index is 12.5. The lowest BCUT2D eigenvalue weighted by molar-refractivity contribution is -0.0512. The Balaban J connectivity index is 1.50. The summed E-state index contributed by atoms with van der Waals surface area (Å²) in [6.07, 6.45) is -0.705. The van der Waals surface area contributed by atoms with E-state index in [2.05, 4.69) is 42.8 Å². The Morgan fingerprint density at radius 2 is 1.57 bits per heavy atom. The Morgan fingerprint density at radius 3 is 2.20 bits per heavy atom. The number of aliphatic hydroxyl groups excluding tert-OH is 1. The van der Waals surface area contributed by atoms with E-state index in [0.29, 0.717) is 18.8 Å². The van der Waals surface area contributed by atoms with E-state index in [1.165, 1.54) is 24.3 Å². The molecule has 3 aromatic carbocycles. The van der Waals surface area contributed by atoms with Crippen molar-refractivity contribution in [1.82, 2.24) is 4.90 Å². The van der Waals surface area contributed by atoms with Gasteiger partial charge in [0.05, 0.1) is 7.11 Å². The second kappa shape index (κ2) is 12.0. The van der Waals surface area contributed by atoms with Crippen molar-refractivity contribution in [3.63, 3.8) is 0 Å². The molecule has 35 heavy (non-hydrogen) atoms. The monoisotopic (exact) mass is 485 g/mol. The van der Waals surface area contributed by atoms with Gasteiger partial charge in [-0.1, -0.05) is 62.4 Å². The fourth-order valence-electron chi connectivity index (χ4n) is 3.97. The normalized spacial score (nSPS) is 12.6. The van der Waals surface area contributed by atoms with Gasteiger partial charge in [-0.3, -0.25) is 4.90 Å². The second-order valence-corrected chi connectivity index (χ2v) is 9.04. The fraction of sp³-hybridized carbons (Fsp3) is 0.357. The highest BCUT2D eigenvalue weighted by atomic mass is 19.3. The van der Waals surface area contributed by atoms with E-state index in [1.807, 2.05) is 42.3 Å². The van der Waals surface area contributed by atoms with Crippen LogP contribution in [0.5, 0.6) is 17.2 Å². The summed E-state index contributed by atoms with van der Waals surface area (Å²) in [5.41, 5.74) is 3.13. The molecule has 0 spiro atoms. The Bertz CT molecular complexity index is 1060. The summed E-state index contributed by atoms with van der Waals surface area (Å²) < 4.78 is 40.4. The summed E-state index contributed by atoms with van der Waals surface area (Å²) in [4.78, 5) is 1.92. The van der Waals surface area contributed by atoms with E-state index < -0.39 is 12.7 Å². The van der Waals surface area contributed by atoms with Crippen LogP contribution in [0.3, 0.4) is 0 Å². The molecule has 0 aromatic heterocycles. The van der Waals surface area contributed by atoms with Crippen LogP contribution in [0, 0.1) is 0 Å². The Kier molecular flexibility index (Phi) is 9.07. The van der Waals surface area contributed by atoms with Gasteiger partial charge in [-0.05, 0) is 48.0 Å². The number of alkyl halides is 2. The van der Waals surface area contributed by atoms with Crippen LogP contribution in [0.25, 0.3) is 0 Å². The number of methoxy groups -OCH3 is 1. The van der Waals surface area contributed by atoms with Crippen LogP contribution in [0.4, 0.5) is 8.78 Å². The van der Waals surface area contributed by atoms with Gasteiger partial charge in [-0.15, -0.1) is 0 Å². The SMILES string of the molecule is COc1cc(CN(C)CC(O)COc2ccc(C(C)(C)c3ccccc3)cc2)ccc1OC(F)F. The van der Waals surface area contributed by atoms with Crippen LogP contribution in [0.15, 0.2) is 72.8 Å². The van der Waals surface area contributed by atoms with Gasteiger partial charge in [0, 0.05) is 18.5 Å². The highest BCUT2D eigenvalue weighted by Gasteiger charge is 2.22. The maximum Gasteiger partial charge on any atom is 0.387 e. The minimum atomic E-state index is -2.92. The van der Waals surface area contributed by atoms with Crippen molar-refractivity contribution in [3.8, 4) is 17.2 Å². The third kappa shape index (κ3) is 7.41. The molecule has 0 aliphatic carbocycles. The molecule has 0 saturated carbocycles. The van der Waals surface area contributed by atoms with Crippen LogP contribution in [-0.2, 0) is 12.0 Å². The predicted molar refractivity (Wildman–Crippen MR) is 132 cm³/mol. The van der Waals surface area contributed by atoms with Gasteiger partial charge in [0.25, 0.3) is 0 Å². The quantitative estimate of drug-likeness (QED) is 0.368. The summed E-state index contributed by atoms with van der Waals surface area (Å²) >= 11 is 0. The zero-order chi connectivity index (χ0) is 25.4. The van der Waals surface area contributed by atoms with Gasteiger partial charge in [0.1, 0.15) is 18.5 Å². The van der Waals surface area contributed by atoms with Crippen LogP contribution in [-0.4, -0.2) is 50.0 Å². The Morgan fingerprint density at radius 1 is 0.914 bits per heavy atom. The first-order valence-corrected chi connectivity index (χ1v) is 11.5. The second-order valence-electron chi connectivity index (χ2n) is 9.04. The van der Waals surface area contributed by atoms with Crippen LogP contribution in [0.1, 0.15) is 30.5 Å². The van der Waals surface area contributed by atoms with E-state index in [-0.39, 0.29) is 23.5 Å². The highest BCUT2D eigenvalue weighted by molar-refractivity contribution is 5.43. The average molecular weight is 486 g/mol. The summed E-state index contributed by atoms with van der Waals surface area (Å²) in [7, 11) is 3.26. The molecule has 3 rings (SSSR count). The van der Waals surface area contributed by atoms with E-state index in [1.54, 1.807) is 12.1 Å². The molecule has 0 radical (unpaired) electrons. The summed E-state index contributed by atoms with van der Waals surface area (Å²) in [5.74, 6) is 0.915. The van der Waals surface area contributed by atoms with Gasteiger partial charge < -0.3 is 19.3 Å². The zero-order valence-electron chi connectivity index (χ0n) is 20.6. The van der Waals surface area contributed by atoms with Crippen LogP contribution < -0.4 is 14.2 Å². The van der Waals surface area contributed by atoms with E-state index in [0.717, 1.165) is 5.56 Å². The predicted octanol–water partition coefficient (Wildman–Crippen LogP) is 5.49. The molecule has 0 fully saturated rings. The molecule has 188 valence electrons. The number of halogens is 2. The van der Waals surface area contributed by atoms with E-state index >= 15 is 0 Å². The van der Waals surface area contributed by atoms with Gasteiger partial charge in [-0.25, -0.2) is 0 Å². The van der Waals surface area contributed by atoms with E-state index in [4.69, 9.17) is 9.47 Å². The lowest BCUT2D eigenvalue weighted by atomic mass is 9.78. The molecule has 0 aliphatic heterocycles. The molecule has 1 unspecified atom stereocenters. The summed E-state index contributed by atoms with van der Waals surface area (Å²) in [6.45, 7) is 2.47.